The third kappa shape index (κ3) is 5.52. The molecule has 170 valence electrons. The number of amides is 2. The van der Waals surface area contributed by atoms with Crippen LogP contribution in [0.15, 0.2) is 59.1 Å². The molecule has 1 unspecified atom stereocenters. The van der Waals surface area contributed by atoms with Gasteiger partial charge < -0.3 is 14.5 Å². The molecule has 0 radical (unpaired) electrons. The molecule has 5 nitrogen and oxygen atoms in total. The SMILES string of the molecule is O=C(CC1(COc2ccccc2)CCCN(C(=O)c2ccccc2Br)C1)N1CCCCC1. The summed E-state index contributed by atoms with van der Waals surface area (Å²) in [6.45, 7) is 3.34. The summed E-state index contributed by atoms with van der Waals surface area (Å²) < 4.78 is 6.97. The van der Waals surface area contributed by atoms with Crippen LogP contribution in [0.5, 0.6) is 5.75 Å². The predicted molar refractivity (Wildman–Crippen MR) is 129 cm³/mol. The lowest BCUT2D eigenvalue weighted by Crippen LogP contribution is -2.51. The van der Waals surface area contributed by atoms with Gasteiger partial charge in [0.25, 0.3) is 5.91 Å². The van der Waals surface area contributed by atoms with Crippen LogP contribution >= 0.6 is 15.9 Å². The van der Waals surface area contributed by atoms with Gasteiger partial charge in [-0.1, -0.05) is 30.3 Å². The standard InChI is InChI=1S/C26H31BrN2O3/c27-23-13-6-5-12-22(23)25(31)29-17-9-14-26(19-29,20-32-21-10-3-1-4-11-21)18-24(30)28-15-7-2-8-16-28/h1,3-6,10-13H,2,7-9,14-20H2. The van der Waals surface area contributed by atoms with Crippen molar-refractivity contribution in [2.45, 2.75) is 38.5 Å². The number of piperidine rings is 2. The van der Waals surface area contributed by atoms with Crippen molar-refractivity contribution < 1.29 is 14.3 Å². The smallest absolute Gasteiger partial charge is 0.255 e. The average molecular weight is 499 g/mol. The Morgan fingerprint density at radius 1 is 0.875 bits per heavy atom. The van der Waals surface area contributed by atoms with Crippen molar-refractivity contribution in [2.75, 3.05) is 32.8 Å². The maximum absolute atomic E-state index is 13.3. The van der Waals surface area contributed by atoms with Gasteiger partial charge in [-0.25, -0.2) is 0 Å². The molecule has 1 atom stereocenters. The van der Waals surface area contributed by atoms with Crippen LogP contribution in [0.3, 0.4) is 0 Å². The van der Waals surface area contributed by atoms with Crippen LogP contribution in [0.4, 0.5) is 0 Å². The highest BCUT2D eigenvalue weighted by Crippen LogP contribution is 2.36. The summed E-state index contributed by atoms with van der Waals surface area (Å²) in [5.74, 6) is 0.995. The fourth-order valence-corrected chi connectivity index (χ4v) is 5.28. The topological polar surface area (TPSA) is 49.9 Å². The first-order valence-corrected chi connectivity index (χ1v) is 12.4. The van der Waals surface area contributed by atoms with E-state index in [1.807, 2.05) is 64.4 Å². The van der Waals surface area contributed by atoms with E-state index in [9.17, 15) is 9.59 Å². The highest BCUT2D eigenvalue weighted by molar-refractivity contribution is 9.10. The van der Waals surface area contributed by atoms with E-state index in [-0.39, 0.29) is 17.2 Å². The molecule has 2 aromatic carbocycles. The molecule has 2 fully saturated rings. The van der Waals surface area contributed by atoms with Crippen LogP contribution in [0, 0.1) is 5.41 Å². The van der Waals surface area contributed by atoms with Crippen LogP contribution in [-0.2, 0) is 4.79 Å². The van der Waals surface area contributed by atoms with Gasteiger partial charge in [0.2, 0.25) is 5.91 Å². The Bertz CT molecular complexity index is 930. The second kappa shape index (κ2) is 10.5. The normalized spacial score (nSPS) is 21.3. The maximum Gasteiger partial charge on any atom is 0.255 e. The first-order valence-electron chi connectivity index (χ1n) is 11.6. The van der Waals surface area contributed by atoms with Gasteiger partial charge in [-0.3, -0.25) is 9.59 Å². The first-order chi connectivity index (χ1) is 15.6. The lowest BCUT2D eigenvalue weighted by molar-refractivity contribution is -0.136. The zero-order valence-corrected chi connectivity index (χ0v) is 20.1. The Kier molecular flexibility index (Phi) is 7.51. The number of hydrogen-bond acceptors (Lipinski definition) is 3. The van der Waals surface area contributed by atoms with Gasteiger partial charge in [-0.2, -0.15) is 0 Å². The number of carbonyl (C=O) groups excluding carboxylic acids is 2. The highest BCUT2D eigenvalue weighted by atomic mass is 79.9. The second-order valence-corrected chi connectivity index (χ2v) is 9.88. The van der Waals surface area contributed by atoms with Crippen LogP contribution in [0.25, 0.3) is 0 Å². The minimum absolute atomic E-state index is 0.00619. The lowest BCUT2D eigenvalue weighted by atomic mass is 9.77. The third-order valence-electron chi connectivity index (χ3n) is 6.58. The third-order valence-corrected chi connectivity index (χ3v) is 7.27. The molecule has 0 N–H and O–H groups in total. The fourth-order valence-electron chi connectivity index (χ4n) is 4.83. The number of para-hydroxylation sites is 1. The van der Waals surface area contributed by atoms with E-state index in [1.54, 1.807) is 0 Å². The molecule has 0 spiro atoms. The van der Waals surface area contributed by atoms with Crippen LogP contribution in [0.2, 0.25) is 0 Å². The van der Waals surface area contributed by atoms with E-state index in [1.165, 1.54) is 6.42 Å². The Balaban J connectivity index is 1.53. The molecule has 2 heterocycles. The summed E-state index contributed by atoms with van der Waals surface area (Å²) in [5, 5.41) is 0. The summed E-state index contributed by atoms with van der Waals surface area (Å²) >= 11 is 3.51. The molecule has 4 rings (SSSR count). The van der Waals surface area contributed by atoms with Crippen LogP contribution in [-0.4, -0.2) is 54.4 Å². The molecule has 2 saturated heterocycles. The molecule has 2 aromatic rings. The van der Waals surface area contributed by atoms with E-state index < -0.39 is 0 Å². The molecule has 0 saturated carbocycles. The molecular formula is C26H31BrN2O3. The molecule has 2 aliphatic rings. The van der Waals surface area contributed by atoms with E-state index in [2.05, 4.69) is 15.9 Å². The van der Waals surface area contributed by atoms with Crippen LogP contribution in [0.1, 0.15) is 48.9 Å². The van der Waals surface area contributed by atoms with Crippen molar-refractivity contribution in [3.05, 3.63) is 64.6 Å². The minimum atomic E-state index is -0.389. The van der Waals surface area contributed by atoms with Crippen molar-refractivity contribution in [3.63, 3.8) is 0 Å². The van der Waals surface area contributed by atoms with Gasteiger partial charge in [-0.05, 0) is 72.3 Å². The van der Waals surface area contributed by atoms with Crippen molar-refractivity contribution in [2.24, 2.45) is 5.41 Å². The number of carbonyl (C=O) groups is 2. The van der Waals surface area contributed by atoms with Crippen LogP contribution < -0.4 is 4.74 Å². The molecular weight excluding hydrogens is 468 g/mol. The van der Waals surface area contributed by atoms with Crippen molar-refractivity contribution >= 4 is 27.7 Å². The summed E-state index contributed by atoms with van der Waals surface area (Å²) in [4.78, 5) is 30.5. The average Bonchev–Trinajstić information content (AvgIpc) is 2.84. The maximum atomic E-state index is 13.3. The number of ether oxygens (including phenoxy) is 1. The predicted octanol–water partition coefficient (Wildman–Crippen LogP) is 5.15. The van der Waals surface area contributed by atoms with E-state index in [0.717, 1.165) is 49.0 Å². The van der Waals surface area contributed by atoms with Crippen molar-refractivity contribution in [3.8, 4) is 5.75 Å². The summed E-state index contributed by atoms with van der Waals surface area (Å²) in [6.07, 6.45) is 5.50. The van der Waals surface area contributed by atoms with Crippen molar-refractivity contribution in [1.29, 1.82) is 0 Å². The second-order valence-electron chi connectivity index (χ2n) is 9.03. The van der Waals surface area contributed by atoms with Gasteiger partial charge in [0.15, 0.2) is 0 Å². The lowest BCUT2D eigenvalue weighted by Gasteiger charge is -2.43. The first kappa shape index (κ1) is 22.8. The summed E-state index contributed by atoms with van der Waals surface area (Å²) in [6, 6.07) is 17.3. The van der Waals surface area contributed by atoms with E-state index >= 15 is 0 Å². The van der Waals surface area contributed by atoms with Crippen molar-refractivity contribution in [1.82, 2.24) is 9.80 Å². The zero-order valence-electron chi connectivity index (χ0n) is 18.5. The van der Waals surface area contributed by atoms with Gasteiger partial charge in [0.05, 0.1) is 12.2 Å². The largest absolute Gasteiger partial charge is 0.493 e. The molecule has 0 aliphatic carbocycles. The van der Waals surface area contributed by atoms with Gasteiger partial charge in [0.1, 0.15) is 5.75 Å². The molecule has 2 amide bonds. The quantitative estimate of drug-likeness (QED) is 0.552. The monoisotopic (exact) mass is 498 g/mol. The van der Waals surface area contributed by atoms with E-state index in [4.69, 9.17) is 4.74 Å². The molecule has 0 aromatic heterocycles. The zero-order chi connectivity index (χ0) is 22.4. The minimum Gasteiger partial charge on any atom is -0.493 e. The molecule has 6 heteroatoms. The number of likely N-dealkylation sites (tertiary alicyclic amines) is 2. The Morgan fingerprint density at radius 3 is 2.31 bits per heavy atom. The Morgan fingerprint density at radius 2 is 1.56 bits per heavy atom. The van der Waals surface area contributed by atoms with Gasteiger partial charge >= 0.3 is 0 Å². The Hall–Kier alpha value is -2.34. The molecule has 2 aliphatic heterocycles. The summed E-state index contributed by atoms with van der Waals surface area (Å²) in [7, 11) is 0. The fraction of sp³-hybridized carbons (Fsp3) is 0.462. The number of rotatable bonds is 6. The number of benzene rings is 2. The van der Waals surface area contributed by atoms with Gasteiger partial charge in [0, 0.05) is 42.5 Å². The van der Waals surface area contributed by atoms with Gasteiger partial charge in [-0.15, -0.1) is 0 Å². The molecule has 32 heavy (non-hydrogen) atoms. The highest BCUT2D eigenvalue weighted by Gasteiger charge is 2.41. The Labute approximate surface area is 198 Å². The number of halogens is 1. The summed E-state index contributed by atoms with van der Waals surface area (Å²) in [5.41, 5.74) is 0.272. The van der Waals surface area contributed by atoms with E-state index in [0.29, 0.717) is 31.7 Å². The molecule has 0 bridgehead atoms. The number of nitrogens with zero attached hydrogens (tertiary/aromatic N) is 2. The number of hydrogen-bond donors (Lipinski definition) is 0.